The van der Waals surface area contributed by atoms with Crippen LogP contribution in [-0.4, -0.2) is 53.5 Å². The highest BCUT2D eigenvalue weighted by atomic mass is 32.1. The maximum Gasteiger partial charge on any atom is 0.251 e. The smallest absolute Gasteiger partial charge is 0.251 e. The maximum absolute atomic E-state index is 13.1. The molecule has 29 heavy (non-hydrogen) atoms. The zero-order valence-electron chi connectivity index (χ0n) is 17.9. The minimum Gasteiger partial charge on any atom is -0.363 e. The van der Waals surface area contributed by atoms with Crippen molar-refractivity contribution in [2.45, 2.75) is 52.6 Å². The predicted molar refractivity (Wildman–Crippen MR) is 121 cm³/mol. The SMILES string of the molecule is CCNC(=S)N1CCC([C@@H](NC(=O)c2ccccc2)C(=O)N[C@H](C)C(C)C)CC1. The van der Waals surface area contributed by atoms with Crippen LogP contribution < -0.4 is 16.0 Å². The van der Waals surface area contributed by atoms with Crippen molar-refractivity contribution in [2.75, 3.05) is 19.6 Å². The number of carbonyl (C=O) groups excluding carboxylic acids is 2. The van der Waals surface area contributed by atoms with Crippen LogP contribution in [0.1, 0.15) is 50.9 Å². The lowest BCUT2D eigenvalue weighted by Crippen LogP contribution is -2.56. The first kappa shape index (κ1) is 23.1. The van der Waals surface area contributed by atoms with E-state index in [1.165, 1.54) is 0 Å². The molecular weight excluding hydrogens is 384 g/mol. The van der Waals surface area contributed by atoms with Crippen molar-refractivity contribution in [3.8, 4) is 0 Å². The fraction of sp³-hybridized carbons (Fsp3) is 0.591. The fourth-order valence-electron chi connectivity index (χ4n) is 3.39. The molecule has 1 saturated heterocycles. The van der Waals surface area contributed by atoms with Gasteiger partial charge in [-0.25, -0.2) is 0 Å². The van der Waals surface area contributed by atoms with Gasteiger partial charge in [0.15, 0.2) is 5.11 Å². The molecule has 160 valence electrons. The van der Waals surface area contributed by atoms with Gasteiger partial charge >= 0.3 is 0 Å². The van der Waals surface area contributed by atoms with Gasteiger partial charge < -0.3 is 20.9 Å². The summed E-state index contributed by atoms with van der Waals surface area (Å²) in [5, 5.41) is 10.0. The highest BCUT2D eigenvalue weighted by Gasteiger charge is 2.34. The molecule has 0 radical (unpaired) electrons. The second kappa shape index (κ2) is 11.1. The summed E-state index contributed by atoms with van der Waals surface area (Å²) in [6.45, 7) is 10.5. The average molecular weight is 419 g/mol. The Morgan fingerprint density at radius 2 is 1.72 bits per heavy atom. The highest BCUT2D eigenvalue weighted by Crippen LogP contribution is 2.22. The third-order valence-electron chi connectivity index (χ3n) is 5.60. The molecule has 1 fully saturated rings. The van der Waals surface area contributed by atoms with Gasteiger partial charge in [0.1, 0.15) is 6.04 Å². The molecule has 7 heteroatoms. The molecule has 0 aromatic heterocycles. The topological polar surface area (TPSA) is 73.5 Å². The van der Waals surface area contributed by atoms with E-state index in [0.29, 0.717) is 11.5 Å². The van der Waals surface area contributed by atoms with Crippen LogP contribution in [0, 0.1) is 11.8 Å². The number of nitrogens with zero attached hydrogens (tertiary/aromatic N) is 1. The van der Waals surface area contributed by atoms with Crippen LogP contribution in [0.5, 0.6) is 0 Å². The van der Waals surface area contributed by atoms with E-state index < -0.39 is 6.04 Å². The molecule has 2 atom stereocenters. The number of rotatable bonds is 7. The van der Waals surface area contributed by atoms with Crippen molar-refractivity contribution >= 4 is 29.1 Å². The van der Waals surface area contributed by atoms with Crippen molar-refractivity contribution in [3.05, 3.63) is 35.9 Å². The molecule has 0 saturated carbocycles. The van der Waals surface area contributed by atoms with Gasteiger partial charge in [-0.15, -0.1) is 0 Å². The van der Waals surface area contributed by atoms with Crippen molar-refractivity contribution in [2.24, 2.45) is 11.8 Å². The number of amides is 2. The molecule has 0 bridgehead atoms. The Kier molecular flexibility index (Phi) is 8.89. The Labute approximate surface area is 179 Å². The lowest BCUT2D eigenvalue weighted by molar-refractivity contribution is -0.125. The molecule has 6 nitrogen and oxygen atoms in total. The van der Waals surface area contributed by atoms with Crippen LogP contribution in [0.4, 0.5) is 0 Å². The number of hydrogen-bond donors (Lipinski definition) is 3. The van der Waals surface area contributed by atoms with Gasteiger partial charge in [0.2, 0.25) is 5.91 Å². The summed E-state index contributed by atoms with van der Waals surface area (Å²) in [4.78, 5) is 28.0. The average Bonchev–Trinajstić information content (AvgIpc) is 2.72. The van der Waals surface area contributed by atoms with Crippen molar-refractivity contribution < 1.29 is 9.59 Å². The molecule has 1 aromatic rings. The van der Waals surface area contributed by atoms with Crippen LogP contribution in [0.2, 0.25) is 0 Å². The van der Waals surface area contributed by atoms with Crippen molar-refractivity contribution in [1.29, 1.82) is 0 Å². The van der Waals surface area contributed by atoms with Crippen molar-refractivity contribution in [1.82, 2.24) is 20.9 Å². The van der Waals surface area contributed by atoms with Gasteiger partial charge in [0.05, 0.1) is 0 Å². The third kappa shape index (κ3) is 6.70. The van der Waals surface area contributed by atoms with Gasteiger partial charge in [0.25, 0.3) is 5.91 Å². The molecule has 2 amide bonds. The molecule has 2 rings (SSSR count). The number of likely N-dealkylation sites (tertiary alicyclic amines) is 1. The lowest BCUT2D eigenvalue weighted by Gasteiger charge is -2.37. The Morgan fingerprint density at radius 1 is 1.10 bits per heavy atom. The van der Waals surface area contributed by atoms with Crippen LogP contribution in [-0.2, 0) is 4.79 Å². The Hall–Kier alpha value is -2.15. The molecule has 3 N–H and O–H groups in total. The molecule has 0 aliphatic carbocycles. The quantitative estimate of drug-likeness (QED) is 0.594. The summed E-state index contributed by atoms with van der Waals surface area (Å²) >= 11 is 5.41. The van der Waals surface area contributed by atoms with E-state index in [1.54, 1.807) is 12.1 Å². The van der Waals surface area contributed by atoms with Gasteiger partial charge in [-0.05, 0) is 62.9 Å². The van der Waals surface area contributed by atoms with Crippen LogP contribution >= 0.6 is 12.2 Å². The Bertz CT molecular complexity index is 687. The Morgan fingerprint density at radius 3 is 2.28 bits per heavy atom. The van der Waals surface area contributed by atoms with E-state index in [1.807, 2.05) is 32.0 Å². The van der Waals surface area contributed by atoms with Crippen LogP contribution in [0.25, 0.3) is 0 Å². The summed E-state index contributed by atoms with van der Waals surface area (Å²) in [6, 6.07) is 8.53. The normalized spacial score (nSPS) is 16.8. The van der Waals surface area contributed by atoms with E-state index in [4.69, 9.17) is 12.2 Å². The van der Waals surface area contributed by atoms with E-state index in [9.17, 15) is 9.59 Å². The number of piperidine rings is 1. The zero-order valence-corrected chi connectivity index (χ0v) is 18.7. The minimum absolute atomic E-state index is 0.0417. The first-order chi connectivity index (χ1) is 13.8. The first-order valence-electron chi connectivity index (χ1n) is 10.5. The molecule has 1 aromatic carbocycles. The number of thiocarbonyl (C=S) groups is 1. The molecular formula is C22H34N4O2S. The maximum atomic E-state index is 13.1. The molecule has 0 spiro atoms. The summed E-state index contributed by atoms with van der Waals surface area (Å²) < 4.78 is 0. The monoisotopic (exact) mass is 418 g/mol. The van der Waals surface area contributed by atoms with E-state index in [2.05, 4.69) is 34.7 Å². The number of hydrogen-bond acceptors (Lipinski definition) is 3. The van der Waals surface area contributed by atoms with E-state index >= 15 is 0 Å². The molecule has 0 unspecified atom stereocenters. The number of benzene rings is 1. The second-order valence-corrected chi connectivity index (χ2v) is 8.41. The minimum atomic E-state index is -0.557. The molecule has 1 heterocycles. The summed E-state index contributed by atoms with van der Waals surface area (Å²) in [5.41, 5.74) is 0.563. The first-order valence-corrected chi connectivity index (χ1v) is 10.9. The predicted octanol–water partition coefficient (Wildman–Crippen LogP) is 2.55. The fourth-order valence-corrected chi connectivity index (χ4v) is 3.72. The largest absolute Gasteiger partial charge is 0.363 e. The lowest BCUT2D eigenvalue weighted by atomic mass is 9.88. The van der Waals surface area contributed by atoms with E-state index in [-0.39, 0.29) is 23.8 Å². The van der Waals surface area contributed by atoms with Gasteiger partial charge in [-0.2, -0.15) is 0 Å². The molecule has 1 aliphatic rings. The summed E-state index contributed by atoms with van der Waals surface area (Å²) in [7, 11) is 0. The molecule has 1 aliphatic heterocycles. The van der Waals surface area contributed by atoms with Gasteiger partial charge in [-0.1, -0.05) is 32.0 Å². The highest BCUT2D eigenvalue weighted by molar-refractivity contribution is 7.80. The van der Waals surface area contributed by atoms with Gasteiger partial charge in [0, 0.05) is 31.2 Å². The van der Waals surface area contributed by atoms with Gasteiger partial charge in [-0.3, -0.25) is 9.59 Å². The number of nitrogens with one attached hydrogen (secondary N) is 3. The third-order valence-corrected chi connectivity index (χ3v) is 6.00. The summed E-state index contributed by atoms with van der Waals surface area (Å²) in [6.07, 6.45) is 1.60. The number of carbonyl (C=O) groups is 2. The Balaban J connectivity index is 2.09. The zero-order chi connectivity index (χ0) is 21.4. The second-order valence-electron chi connectivity index (χ2n) is 8.02. The summed E-state index contributed by atoms with van der Waals surface area (Å²) in [5.74, 6) is 0.0724. The van der Waals surface area contributed by atoms with Crippen molar-refractivity contribution in [3.63, 3.8) is 0 Å². The van der Waals surface area contributed by atoms with E-state index in [0.717, 1.165) is 37.6 Å². The van der Waals surface area contributed by atoms with Crippen LogP contribution in [0.15, 0.2) is 30.3 Å². The van der Waals surface area contributed by atoms with Crippen LogP contribution in [0.3, 0.4) is 0 Å². The standard InChI is InChI=1S/C22H34N4O2S/c1-5-23-22(29)26-13-11-17(12-14-26)19(21(28)24-16(4)15(2)3)25-20(27)18-9-7-6-8-10-18/h6-10,15-17,19H,5,11-14H2,1-4H3,(H,23,29)(H,24,28)(H,25,27)/t16-,19-/m1/s1.